The third-order valence-electron chi connectivity index (χ3n) is 2.69. The van der Waals surface area contributed by atoms with Gasteiger partial charge in [-0.3, -0.25) is 4.79 Å². The number of halogens is 1. The van der Waals surface area contributed by atoms with Crippen LogP contribution in [0.2, 0.25) is 0 Å². The number of ether oxygens (including phenoxy) is 1. The van der Waals surface area contributed by atoms with Gasteiger partial charge in [0.15, 0.2) is 6.10 Å². The topological polar surface area (TPSA) is 58.6 Å². The summed E-state index contributed by atoms with van der Waals surface area (Å²) in [7, 11) is 0. The number of rotatable bonds is 6. The summed E-state index contributed by atoms with van der Waals surface area (Å²) in [4.78, 5) is 12.0. The molecule has 106 valence electrons. The van der Waals surface area contributed by atoms with Crippen LogP contribution in [0.25, 0.3) is 0 Å². The fraction of sp³-hybridized carbons (Fsp3) is 0.500. The predicted octanol–water partition coefficient (Wildman–Crippen LogP) is 2.49. The SMILES string of the molecule is CC(Oc1ccc(Br)cc1)C(=O)NC(C)(C)CCO. The molecule has 0 saturated heterocycles. The van der Waals surface area contributed by atoms with E-state index >= 15 is 0 Å². The Hall–Kier alpha value is -1.07. The quantitative estimate of drug-likeness (QED) is 0.843. The number of aliphatic hydroxyl groups excluding tert-OH is 1. The van der Waals surface area contributed by atoms with E-state index in [4.69, 9.17) is 9.84 Å². The Bertz CT molecular complexity index is 417. The molecule has 0 fully saturated rings. The van der Waals surface area contributed by atoms with Crippen LogP contribution in [0, 0.1) is 0 Å². The molecular weight excluding hydrogens is 310 g/mol. The Labute approximate surface area is 122 Å². The minimum absolute atomic E-state index is 0.0369. The second-order valence-corrected chi connectivity index (χ2v) is 5.98. The lowest BCUT2D eigenvalue weighted by molar-refractivity contribution is -0.129. The minimum atomic E-state index is -0.584. The number of carbonyl (C=O) groups is 1. The van der Waals surface area contributed by atoms with Crippen molar-refractivity contribution < 1.29 is 14.6 Å². The van der Waals surface area contributed by atoms with Crippen molar-refractivity contribution >= 4 is 21.8 Å². The van der Waals surface area contributed by atoms with Crippen molar-refractivity contribution in [3.63, 3.8) is 0 Å². The molecule has 5 heteroatoms. The molecule has 0 aromatic heterocycles. The second kappa shape index (κ2) is 6.91. The molecule has 19 heavy (non-hydrogen) atoms. The second-order valence-electron chi connectivity index (χ2n) is 5.06. The van der Waals surface area contributed by atoms with Gasteiger partial charge in [0, 0.05) is 16.6 Å². The average Bonchev–Trinajstić information content (AvgIpc) is 2.31. The molecular formula is C14H20BrNO3. The molecule has 1 amide bonds. The first kappa shape index (κ1) is 16.0. The molecule has 0 spiro atoms. The van der Waals surface area contributed by atoms with Crippen LogP contribution in [-0.2, 0) is 4.79 Å². The summed E-state index contributed by atoms with van der Waals surface area (Å²) < 4.78 is 6.52. The Morgan fingerprint density at radius 2 is 2.00 bits per heavy atom. The van der Waals surface area contributed by atoms with Crippen LogP contribution in [0.4, 0.5) is 0 Å². The molecule has 2 N–H and O–H groups in total. The summed E-state index contributed by atoms with van der Waals surface area (Å²) in [5, 5.41) is 11.8. The highest BCUT2D eigenvalue weighted by Gasteiger charge is 2.23. The van der Waals surface area contributed by atoms with Crippen molar-refractivity contribution in [2.75, 3.05) is 6.61 Å². The summed E-state index contributed by atoms with van der Waals surface area (Å²) >= 11 is 3.34. The zero-order valence-corrected chi connectivity index (χ0v) is 13.0. The number of nitrogens with one attached hydrogen (secondary N) is 1. The van der Waals surface area contributed by atoms with Gasteiger partial charge in [0.05, 0.1) is 0 Å². The summed E-state index contributed by atoms with van der Waals surface area (Å²) in [6.07, 6.45) is -0.0804. The predicted molar refractivity (Wildman–Crippen MR) is 78.2 cm³/mol. The number of benzene rings is 1. The number of amides is 1. The first-order chi connectivity index (χ1) is 8.84. The molecule has 0 bridgehead atoms. The highest BCUT2D eigenvalue weighted by molar-refractivity contribution is 9.10. The van der Waals surface area contributed by atoms with Crippen molar-refractivity contribution in [1.82, 2.24) is 5.32 Å². The lowest BCUT2D eigenvalue weighted by Crippen LogP contribution is -2.49. The highest BCUT2D eigenvalue weighted by Crippen LogP contribution is 2.17. The van der Waals surface area contributed by atoms with Crippen LogP contribution in [0.1, 0.15) is 27.2 Å². The zero-order chi connectivity index (χ0) is 14.5. The zero-order valence-electron chi connectivity index (χ0n) is 11.4. The van der Waals surface area contributed by atoms with E-state index in [-0.39, 0.29) is 12.5 Å². The lowest BCUT2D eigenvalue weighted by atomic mass is 10.0. The monoisotopic (exact) mass is 329 g/mol. The summed E-state index contributed by atoms with van der Waals surface area (Å²) in [5.74, 6) is 0.451. The van der Waals surface area contributed by atoms with E-state index in [0.29, 0.717) is 12.2 Å². The molecule has 0 aliphatic rings. The van der Waals surface area contributed by atoms with Crippen LogP contribution < -0.4 is 10.1 Å². The third kappa shape index (κ3) is 5.61. The average molecular weight is 330 g/mol. The van der Waals surface area contributed by atoms with Gasteiger partial charge in [0.1, 0.15) is 5.75 Å². The molecule has 0 heterocycles. The van der Waals surface area contributed by atoms with Crippen molar-refractivity contribution in [2.45, 2.75) is 38.8 Å². The van der Waals surface area contributed by atoms with Gasteiger partial charge < -0.3 is 15.2 Å². The fourth-order valence-electron chi connectivity index (χ4n) is 1.55. The van der Waals surface area contributed by atoms with Gasteiger partial charge in [-0.2, -0.15) is 0 Å². The molecule has 1 unspecified atom stereocenters. The number of carbonyl (C=O) groups excluding carboxylic acids is 1. The molecule has 1 atom stereocenters. The molecule has 4 nitrogen and oxygen atoms in total. The Kier molecular flexibility index (Phi) is 5.82. The molecule has 1 aromatic carbocycles. The molecule has 0 aliphatic carbocycles. The third-order valence-corrected chi connectivity index (χ3v) is 3.22. The van der Waals surface area contributed by atoms with Crippen molar-refractivity contribution in [3.8, 4) is 5.75 Å². The van der Waals surface area contributed by atoms with Gasteiger partial charge in [0.2, 0.25) is 0 Å². The molecule has 0 aliphatic heterocycles. The Morgan fingerprint density at radius 1 is 1.42 bits per heavy atom. The van der Waals surface area contributed by atoms with Gasteiger partial charge in [-0.1, -0.05) is 15.9 Å². The smallest absolute Gasteiger partial charge is 0.261 e. The highest BCUT2D eigenvalue weighted by atomic mass is 79.9. The van der Waals surface area contributed by atoms with E-state index in [9.17, 15) is 4.79 Å². The van der Waals surface area contributed by atoms with E-state index in [1.807, 2.05) is 26.0 Å². The van der Waals surface area contributed by atoms with E-state index in [1.165, 1.54) is 0 Å². The molecule has 0 saturated carbocycles. The molecule has 0 radical (unpaired) electrons. The maximum atomic E-state index is 12.0. The first-order valence-electron chi connectivity index (χ1n) is 6.19. The Balaban J connectivity index is 2.55. The van der Waals surface area contributed by atoms with E-state index in [0.717, 1.165) is 4.47 Å². The number of aliphatic hydroxyl groups is 1. The summed E-state index contributed by atoms with van der Waals surface area (Å²) in [5.41, 5.74) is -0.441. The number of hydrogen-bond donors (Lipinski definition) is 2. The van der Waals surface area contributed by atoms with Gasteiger partial charge in [-0.25, -0.2) is 0 Å². The Morgan fingerprint density at radius 3 is 2.53 bits per heavy atom. The van der Waals surface area contributed by atoms with Crippen molar-refractivity contribution in [1.29, 1.82) is 0 Å². The van der Waals surface area contributed by atoms with Gasteiger partial charge >= 0.3 is 0 Å². The fourth-order valence-corrected chi connectivity index (χ4v) is 1.81. The van der Waals surface area contributed by atoms with E-state index in [2.05, 4.69) is 21.2 Å². The van der Waals surface area contributed by atoms with Crippen LogP contribution >= 0.6 is 15.9 Å². The maximum Gasteiger partial charge on any atom is 0.261 e. The maximum absolute atomic E-state index is 12.0. The molecule has 1 aromatic rings. The van der Waals surface area contributed by atoms with Gasteiger partial charge in [-0.15, -0.1) is 0 Å². The minimum Gasteiger partial charge on any atom is -0.481 e. The standard InChI is InChI=1S/C14H20BrNO3/c1-10(13(18)16-14(2,3)8-9-17)19-12-6-4-11(15)5-7-12/h4-7,10,17H,8-9H2,1-3H3,(H,16,18). The van der Waals surface area contributed by atoms with E-state index < -0.39 is 11.6 Å². The van der Waals surface area contributed by atoms with Crippen molar-refractivity contribution in [3.05, 3.63) is 28.7 Å². The van der Waals surface area contributed by atoms with Crippen LogP contribution in [0.5, 0.6) is 5.75 Å². The lowest BCUT2D eigenvalue weighted by Gasteiger charge is -2.27. The van der Waals surface area contributed by atoms with Crippen LogP contribution in [0.15, 0.2) is 28.7 Å². The normalized spacial score (nSPS) is 12.9. The van der Waals surface area contributed by atoms with Gasteiger partial charge in [-0.05, 0) is 51.5 Å². The van der Waals surface area contributed by atoms with E-state index in [1.54, 1.807) is 19.1 Å². The number of hydrogen-bond acceptors (Lipinski definition) is 3. The largest absolute Gasteiger partial charge is 0.481 e. The van der Waals surface area contributed by atoms with Crippen molar-refractivity contribution in [2.24, 2.45) is 0 Å². The van der Waals surface area contributed by atoms with Crippen LogP contribution in [0.3, 0.4) is 0 Å². The van der Waals surface area contributed by atoms with Crippen LogP contribution in [-0.4, -0.2) is 29.3 Å². The molecule has 1 rings (SSSR count). The summed E-state index contributed by atoms with van der Waals surface area (Å²) in [6, 6.07) is 7.31. The first-order valence-corrected chi connectivity index (χ1v) is 6.98. The summed E-state index contributed by atoms with van der Waals surface area (Å²) in [6.45, 7) is 5.47. The van der Waals surface area contributed by atoms with Gasteiger partial charge in [0.25, 0.3) is 5.91 Å².